The second-order valence-electron chi connectivity index (χ2n) is 6.84. The van der Waals surface area contributed by atoms with Crippen LogP contribution in [0.4, 0.5) is 13.2 Å². The molecule has 1 aromatic heterocycles. The number of carbonyl (C=O) groups is 1. The van der Waals surface area contributed by atoms with E-state index in [-0.39, 0.29) is 22.8 Å². The number of hydrogen-bond acceptors (Lipinski definition) is 6. The highest BCUT2D eigenvalue weighted by atomic mass is 32.2. The molecule has 9 heteroatoms. The van der Waals surface area contributed by atoms with Gasteiger partial charge in [-0.25, -0.2) is 0 Å². The Hall–Kier alpha value is -2.29. The summed E-state index contributed by atoms with van der Waals surface area (Å²) in [6.45, 7) is 1.70. The van der Waals surface area contributed by atoms with Crippen LogP contribution in [0.3, 0.4) is 0 Å². The van der Waals surface area contributed by atoms with Gasteiger partial charge in [-0.2, -0.15) is 13.2 Å². The molecule has 28 heavy (non-hydrogen) atoms. The van der Waals surface area contributed by atoms with E-state index in [1.807, 2.05) is 0 Å². The van der Waals surface area contributed by atoms with Crippen LogP contribution in [0.2, 0.25) is 0 Å². The summed E-state index contributed by atoms with van der Waals surface area (Å²) in [6.07, 6.45) is -1.51. The van der Waals surface area contributed by atoms with Gasteiger partial charge in [-0.15, -0.1) is 11.8 Å². The van der Waals surface area contributed by atoms with Gasteiger partial charge in [0.05, 0.1) is 23.0 Å². The predicted molar refractivity (Wildman–Crippen MR) is 97.0 cm³/mol. The van der Waals surface area contributed by atoms with Crippen molar-refractivity contribution in [3.63, 3.8) is 0 Å². The van der Waals surface area contributed by atoms with Crippen LogP contribution >= 0.6 is 11.8 Å². The first kappa shape index (κ1) is 19.0. The average molecular weight is 410 g/mol. The van der Waals surface area contributed by atoms with E-state index in [9.17, 15) is 18.0 Å². The van der Waals surface area contributed by atoms with E-state index in [2.05, 4.69) is 10.3 Å². The molecule has 2 heterocycles. The number of alkyl halides is 3. The number of rotatable bonds is 4. The molecule has 2 aromatic rings. The van der Waals surface area contributed by atoms with Crippen molar-refractivity contribution < 1.29 is 27.3 Å². The maximum Gasteiger partial charge on any atom is 0.417 e. The lowest BCUT2D eigenvalue weighted by atomic mass is 9.89. The Morgan fingerprint density at radius 1 is 1.36 bits per heavy atom. The summed E-state index contributed by atoms with van der Waals surface area (Å²) in [7, 11) is 1.29. The molecular formula is C19H17F3N2O3S. The van der Waals surface area contributed by atoms with E-state index >= 15 is 0 Å². The first-order valence-electron chi connectivity index (χ1n) is 8.80. The third-order valence-electron chi connectivity index (χ3n) is 4.86. The molecule has 0 spiro atoms. The van der Waals surface area contributed by atoms with Gasteiger partial charge in [0.2, 0.25) is 0 Å². The van der Waals surface area contributed by atoms with E-state index in [0.717, 1.165) is 12.8 Å². The number of fused-ring (bicyclic) bond motifs is 1. The topological polar surface area (TPSA) is 64.7 Å². The van der Waals surface area contributed by atoms with Crippen molar-refractivity contribution in [2.45, 2.75) is 43.2 Å². The molecule has 0 bridgehead atoms. The Labute approximate surface area is 163 Å². The Morgan fingerprint density at radius 2 is 2.11 bits per heavy atom. The molecule has 5 nitrogen and oxygen atoms in total. The van der Waals surface area contributed by atoms with E-state index in [1.54, 1.807) is 6.92 Å². The smallest absolute Gasteiger partial charge is 0.399 e. The lowest BCUT2D eigenvalue weighted by Crippen LogP contribution is -2.24. The number of oxime groups is 1. The Kier molecular flexibility index (Phi) is 4.73. The van der Waals surface area contributed by atoms with Crippen molar-refractivity contribution >= 4 is 23.3 Å². The summed E-state index contributed by atoms with van der Waals surface area (Å²) >= 11 is 1.33. The van der Waals surface area contributed by atoms with E-state index in [0.29, 0.717) is 28.4 Å². The zero-order valence-corrected chi connectivity index (χ0v) is 16.0. The van der Waals surface area contributed by atoms with Crippen LogP contribution in [0.1, 0.15) is 63.6 Å². The number of benzene rings is 1. The largest absolute Gasteiger partial charge is 0.417 e. The van der Waals surface area contributed by atoms with Gasteiger partial charge in [0, 0.05) is 34.1 Å². The van der Waals surface area contributed by atoms with Gasteiger partial charge in [-0.1, -0.05) is 10.3 Å². The molecule has 2 aliphatic rings. The summed E-state index contributed by atoms with van der Waals surface area (Å²) in [5, 5.41) is 7.47. The van der Waals surface area contributed by atoms with Crippen LogP contribution in [0.5, 0.6) is 0 Å². The van der Waals surface area contributed by atoms with E-state index in [1.165, 1.54) is 31.1 Å². The highest BCUT2D eigenvalue weighted by molar-refractivity contribution is 7.99. The van der Waals surface area contributed by atoms with Gasteiger partial charge in [0.25, 0.3) is 0 Å². The van der Waals surface area contributed by atoms with Crippen LogP contribution in [-0.4, -0.2) is 29.5 Å². The molecule has 1 fully saturated rings. The molecule has 148 valence electrons. The highest BCUT2D eigenvalue weighted by Crippen LogP contribution is 2.46. The van der Waals surface area contributed by atoms with Crippen LogP contribution in [0.25, 0.3) is 0 Å². The fourth-order valence-corrected chi connectivity index (χ4v) is 4.67. The van der Waals surface area contributed by atoms with Crippen LogP contribution in [0, 0.1) is 6.92 Å². The van der Waals surface area contributed by atoms with Gasteiger partial charge in [-0.05, 0) is 31.4 Å². The Balaban J connectivity index is 1.96. The van der Waals surface area contributed by atoms with E-state index in [4.69, 9.17) is 9.36 Å². The lowest BCUT2D eigenvalue weighted by Gasteiger charge is -2.25. The highest BCUT2D eigenvalue weighted by Gasteiger charge is 2.43. The fourth-order valence-electron chi connectivity index (χ4n) is 3.51. The quantitative estimate of drug-likeness (QED) is 0.527. The number of aryl methyl sites for hydroxylation is 1. The minimum absolute atomic E-state index is 0.0516. The molecule has 0 unspecified atom stereocenters. The lowest BCUT2D eigenvalue weighted by molar-refractivity contribution is -0.138. The second kappa shape index (κ2) is 6.95. The number of nitrogens with zero attached hydrogens (tertiary/aromatic N) is 2. The molecule has 1 aromatic carbocycles. The molecule has 0 amide bonds. The van der Waals surface area contributed by atoms with Gasteiger partial charge in [-0.3, -0.25) is 4.79 Å². The summed E-state index contributed by atoms with van der Waals surface area (Å²) < 4.78 is 47.6. The van der Waals surface area contributed by atoms with Crippen LogP contribution < -0.4 is 0 Å². The first-order valence-corrected chi connectivity index (χ1v) is 9.78. The van der Waals surface area contributed by atoms with Crippen molar-refractivity contribution in [2.24, 2.45) is 5.16 Å². The van der Waals surface area contributed by atoms with Crippen molar-refractivity contribution in [3.8, 4) is 0 Å². The van der Waals surface area contributed by atoms with Crippen molar-refractivity contribution in [3.05, 3.63) is 45.8 Å². The van der Waals surface area contributed by atoms with Crippen molar-refractivity contribution in [2.75, 3.05) is 12.9 Å². The Morgan fingerprint density at radius 3 is 2.75 bits per heavy atom. The maximum atomic E-state index is 14.2. The second-order valence-corrected chi connectivity index (χ2v) is 7.95. The maximum absolute atomic E-state index is 14.2. The van der Waals surface area contributed by atoms with Crippen LogP contribution in [-0.2, 0) is 11.0 Å². The number of carbonyl (C=O) groups excluding carboxylic acids is 1. The first-order chi connectivity index (χ1) is 13.3. The number of hydrogen-bond donors (Lipinski definition) is 0. The molecule has 0 N–H and O–H groups in total. The van der Waals surface area contributed by atoms with Crippen molar-refractivity contribution in [1.29, 1.82) is 0 Å². The van der Waals surface area contributed by atoms with Crippen molar-refractivity contribution in [1.82, 2.24) is 5.16 Å². The predicted octanol–water partition coefficient (Wildman–Crippen LogP) is 4.96. The minimum Gasteiger partial charge on any atom is -0.399 e. The Bertz CT molecular complexity index is 978. The van der Waals surface area contributed by atoms with Crippen LogP contribution in [0.15, 0.2) is 26.8 Å². The molecule has 1 aliphatic carbocycles. The summed E-state index contributed by atoms with van der Waals surface area (Å²) in [4.78, 5) is 18.4. The molecule has 0 radical (unpaired) electrons. The molecular weight excluding hydrogens is 393 g/mol. The molecule has 1 aliphatic heterocycles. The molecule has 0 saturated heterocycles. The number of ketones is 1. The van der Waals surface area contributed by atoms with Gasteiger partial charge in [0.1, 0.15) is 7.11 Å². The molecule has 4 rings (SSSR count). The van der Waals surface area contributed by atoms with Gasteiger partial charge >= 0.3 is 6.18 Å². The van der Waals surface area contributed by atoms with Gasteiger partial charge < -0.3 is 9.36 Å². The number of thioether (sulfide) groups is 1. The third-order valence-corrected chi connectivity index (χ3v) is 6.08. The third kappa shape index (κ3) is 3.21. The fraction of sp³-hybridized carbons (Fsp3) is 0.421. The number of aromatic nitrogens is 1. The summed E-state index contributed by atoms with van der Waals surface area (Å²) in [6, 6.07) is 1.32. The van der Waals surface area contributed by atoms with Gasteiger partial charge in [0.15, 0.2) is 11.5 Å². The number of halogens is 3. The standard InChI is InChI=1S/C19H17F3N2O3S/c1-9-7-11(16(25)12-8-23-27-17(12)10-3-4-10)15(19(20,21)22)14-13(24-26-2)5-6-28-18(9)14/h7-8,10H,3-6H2,1-2H3. The molecule has 0 atom stereocenters. The minimum atomic E-state index is -4.73. The SMILES string of the molecule is CON=C1CCSc2c(C)cc(C(=O)c3cnoc3C3CC3)c(C(F)(F)F)c21. The summed E-state index contributed by atoms with van der Waals surface area (Å²) in [5.74, 6) is 0.288. The monoisotopic (exact) mass is 410 g/mol. The zero-order valence-electron chi connectivity index (χ0n) is 15.2. The molecule has 1 saturated carbocycles. The summed E-state index contributed by atoms with van der Waals surface area (Å²) in [5.41, 5.74) is -0.526. The average Bonchev–Trinajstić information content (AvgIpc) is 3.37. The zero-order chi connectivity index (χ0) is 20.1. The normalized spacial score (nSPS) is 18.2. The van der Waals surface area contributed by atoms with E-state index < -0.39 is 23.1 Å².